The van der Waals surface area contributed by atoms with Gasteiger partial charge in [0, 0.05) is 35.6 Å². The van der Waals surface area contributed by atoms with Crippen LogP contribution in [0.2, 0.25) is 5.02 Å². The van der Waals surface area contributed by atoms with Gasteiger partial charge in [-0.3, -0.25) is 4.98 Å². The summed E-state index contributed by atoms with van der Waals surface area (Å²) in [6.45, 7) is 7.55. The molecule has 4 aromatic rings. The smallest absolute Gasteiger partial charge is 0.378 e. The van der Waals surface area contributed by atoms with Gasteiger partial charge >= 0.3 is 6.18 Å². The SMILES string of the molecule is Cc1ccccn1.Cc1nc2nc(N3CCOCC3)nc(-c3ccc(Cl)cc3C(F)(F)F)c2nc1C. The Morgan fingerprint density at radius 1 is 0.917 bits per heavy atom. The Bertz CT molecular complexity index is 1360. The Labute approximate surface area is 211 Å². The molecule has 7 nitrogen and oxygen atoms in total. The maximum Gasteiger partial charge on any atom is 0.417 e. The van der Waals surface area contributed by atoms with Crippen molar-refractivity contribution in [3.05, 3.63) is 70.3 Å². The second kappa shape index (κ2) is 10.7. The van der Waals surface area contributed by atoms with Crippen molar-refractivity contribution in [1.29, 1.82) is 0 Å². The van der Waals surface area contributed by atoms with Crippen LogP contribution in [-0.2, 0) is 10.9 Å². The largest absolute Gasteiger partial charge is 0.417 e. The van der Waals surface area contributed by atoms with E-state index in [1.807, 2.05) is 30.0 Å². The van der Waals surface area contributed by atoms with Crippen LogP contribution in [0.5, 0.6) is 0 Å². The molecule has 0 N–H and O–H groups in total. The van der Waals surface area contributed by atoms with Crippen LogP contribution in [-0.4, -0.2) is 51.2 Å². The lowest BCUT2D eigenvalue weighted by Crippen LogP contribution is -2.37. The number of anilines is 1. The van der Waals surface area contributed by atoms with E-state index in [4.69, 9.17) is 16.3 Å². The lowest BCUT2D eigenvalue weighted by atomic mass is 10.0. The minimum atomic E-state index is -4.61. The second-order valence-corrected chi connectivity index (χ2v) is 8.63. The normalized spacial score (nSPS) is 13.9. The quantitative estimate of drug-likeness (QED) is 0.343. The number of fused-ring (bicyclic) bond motifs is 1. The van der Waals surface area contributed by atoms with Crippen molar-refractivity contribution in [2.24, 2.45) is 0 Å². The number of benzene rings is 1. The minimum Gasteiger partial charge on any atom is -0.378 e. The van der Waals surface area contributed by atoms with E-state index >= 15 is 0 Å². The van der Waals surface area contributed by atoms with Crippen molar-refractivity contribution >= 4 is 28.7 Å². The first-order chi connectivity index (χ1) is 17.1. The molecule has 5 rings (SSSR count). The zero-order valence-electron chi connectivity index (χ0n) is 20.0. The van der Waals surface area contributed by atoms with E-state index in [9.17, 15) is 13.2 Å². The van der Waals surface area contributed by atoms with Crippen molar-refractivity contribution in [1.82, 2.24) is 24.9 Å². The molecular weight excluding hydrogens is 493 g/mol. The number of alkyl halides is 3. The van der Waals surface area contributed by atoms with Crippen LogP contribution in [0.15, 0.2) is 42.6 Å². The van der Waals surface area contributed by atoms with Gasteiger partial charge in [-0.15, -0.1) is 0 Å². The highest BCUT2D eigenvalue weighted by Gasteiger charge is 2.35. The molecule has 3 aromatic heterocycles. The first-order valence-corrected chi connectivity index (χ1v) is 11.6. The van der Waals surface area contributed by atoms with Crippen molar-refractivity contribution in [3.63, 3.8) is 0 Å². The molecule has 0 spiro atoms. The van der Waals surface area contributed by atoms with Gasteiger partial charge in [-0.1, -0.05) is 23.7 Å². The van der Waals surface area contributed by atoms with Gasteiger partial charge in [0.2, 0.25) is 5.95 Å². The average Bonchev–Trinajstić information content (AvgIpc) is 2.85. The molecule has 4 heterocycles. The van der Waals surface area contributed by atoms with Crippen LogP contribution in [0.3, 0.4) is 0 Å². The first-order valence-electron chi connectivity index (χ1n) is 11.2. The molecule has 1 aromatic carbocycles. The van der Waals surface area contributed by atoms with Gasteiger partial charge in [0.05, 0.1) is 30.2 Å². The Morgan fingerprint density at radius 2 is 1.64 bits per heavy atom. The zero-order chi connectivity index (χ0) is 25.9. The number of halogens is 4. The van der Waals surface area contributed by atoms with Crippen molar-refractivity contribution in [2.45, 2.75) is 26.9 Å². The van der Waals surface area contributed by atoms with Crippen molar-refractivity contribution < 1.29 is 17.9 Å². The second-order valence-electron chi connectivity index (χ2n) is 8.20. The number of rotatable bonds is 2. The van der Waals surface area contributed by atoms with Gasteiger partial charge in [0.15, 0.2) is 5.65 Å². The van der Waals surface area contributed by atoms with Gasteiger partial charge < -0.3 is 9.64 Å². The predicted molar refractivity (Wildman–Crippen MR) is 132 cm³/mol. The van der Waals surface area contributed by atoms with Crippen molar-refractivity contribution in [3.8, 4) is 11.3 Å². The summed E-state index contributed by atoms with van der Waals surface area (Å²) in [5, 5.41) is -0.00838. The lowest BCUT2D eigenvalue weighted by molar-refractivity contribution is -0.137. The fourth-order valence-corrected chi connectivity index (χ4v) is 3.77. The maximum atomic E-state index is 13.7. The monoisotopic (exact) mass is 516 g/mol. The van der Waals surface area contributed by atoms with Crippen LogP contribution >= 0.6 is 11.6 Å². The molecule has 1 saturated heterocycles. The summed E-state index contributed by atoms with van der Waals surface area (Å²) in [7, 11) is 0. The number of pyridine rings is 1. The molecule has 0 unspecified atom stereocenters. The van der Waals surface area contributed by atoms with E-state index in [1.165, 1.54) is 12.1 Å². The van der Waals surface area contributed by atoms with E-state index in [0.29, 0.717) is 43.6 Å². The van der Waals surface area contributed by atoms with E-state index in [2.05, 4.69) is 24.9 Å². The summed E-state index contributed by atoms with van der Waals surface area (Å²) in [5.74, 6) is 0.302. The summed E-state index contributed by atoms with van der Waals surface area (Å²) in [4.78, 5) is 23.7. The molecule has 11 heteroatoms. The van der Waals surface area contributed by atoms with Crippen LogP contribution < -0.4 is 4.90 Å². The highest BCUT2D eigenvalue weighted by molar-refractivity contribution is 6.30. The number of ether oxygens (including phenoxy) is 1. The van der Waals surface area contributed by atoms with E-state index in [0.717, 1.165) is 11.8 Å². The molecule has 0 atom stereocenters. The first kappa shape index (κ1) is 25.7. The van der Waals surface area contributed by atoms with Gasteiger partial charge in [-0.2, -0.15) is 18.2 Å². The molecule has 36 heavy (non-hydrogen) atoms. The third-order valence-electron chi connectivity index (χ3n) is 5.58. The Morgan fingerprint density at radius 3 is 2.25 bits per heavy atom. The third kappa shape index (κ3) is 5.88. The number of nitrogens with zero attached hydrogens (tertiary/aromatic N) is 6. The van der Waals surface area contributed by atoms with Crippen molar-refractivity contribution in [2.75, 3.05) is 31.2 Å². The standard InChI is InChI=1S/C19H17ClF3N5O.C6H7N/c1-10-11(2)25-17-16(24-10)15(26-18(27-17)28-5-7-29-8-6-28)13-4-3-12(20)9-14(13)19(21,22)23;1-6-4-2-3-5-7-6/h3-4,9H,5-8H2,1-2H3;2-5H,1H3. The molecule has 0 bridgehead atoms. The Balaban J connectivity index is 0.000000375. The van der Waals surface area contributed by atoms with Gasteiger partial charge in [-0.05, 0) is 45.0 Å². The molecular formula is C25H24ClF3N6O. The summed E-state index contributed by atoms with van der Waals surface area (Å²) in [6, 6.07) is 9.47. The average molecular weight is 517 g/mol. The maximum absolute atomic E-state index is 13.7. The number of hydrogen-bond donors (Lipinski definition) is 0. The van der Waals surface area contributed by atoms with Crippen LogP contribution in [0, 0.1) is 20.8 Å². The Kier molecular flexibility index (Phi) is 7.65. The molecule has 0 amide bonds. The summed E-state index contributed by atoms with van der Waals surface area (Å²) in [6.07, 6.45) is -2.82. The third-order valence-corrected chi connectivity index (χ3v) is 5.81. The topological polar surface area (TPSA) is 76.9 Å². The van der Waals surface area contributed by atoms with Gasteiger partial charge in [0.1, 0.15) is 11.2 Å². The van der Waals surface area contributed by atoms with E-state index in [1.54, 1.807) is 20.0 Å². The zero-order valence-corrected chi connectivity index (χ0v) is 20.7. The molecule has 1 aliphatic heterocycles. The molecule has 188 valence electrons. The van der Waals surface area contributed by atoms with Crippen LogP contribution in [0.4, 0.5) is 19.1 Å². The number of aromatic nitrogens is 5. The summed E-state index contributed by atoms with van der Waals surface area (Å²) < 4.78 is 46.6. The molecule has 0 saturated carbocycles. The summed E-state index contributed by atoms with van der Waals surface area (Å²) >= 11 is 5.84. The fourth-order valence-electron chi connectivity index (χ4n) is 3.60. The summed E-state index contributed by atoms with van der Waals surface area (Å²) in [5.41, 5.74) is 1.89. The number of aryl methyl sites for hydroxylation is 3. The molecule has 0 radical (unpaired) electrons. The number of hydrogen-bond acceptors (Lipinski definition) is 7. The van der Waals surface area contributed by atoms with Gasteiger partial charge in [0.25, 0.3) is 0 Å². The highest BCUT2D eigenvalue weighted by Crippen LogP contribution is 2.40. The molecule has 1 aliphatic rings. The predicted octanol–water partition coefficient (Wildman–Crippen LogP) is 5.60. The van der Waals surface area contributed by atoms with Crippen LogP contribution in [0.25, 0.3) is 22.4 Å². The number of morpholine rings is 1. The molecule has 1 fully saturated rings. The lowest BCUT2D eigenvalue weighted by Gasteiger charge is -2.27. The van der Waals surface area contributed by atoms with E-state index in [-0.39, 0.29) is 27.4 Å². The fraction of sp³-hybridized carbons (Fsp3) is 0.320. The van der Waals surface area contributed by atoms with Gasteiger partial charge in [-0.25, -0.2) is 15.0 Å². The van der Waals surface area contributed by atoms with E-state index < -0.39 is 11.7 Å². The van der Waals surface area contributed by atoms with Crippen LogP contribution in [0.1, 0.15) is 22.6 Å². The Hall–Kier alpha value is -3.37. The molecule has 0 aliphatic carbocycles. The minimum absolute atomic E-state index is 0.00838. The highest BCUT2D eigenvalue weighted by atomic mass is 35.5.